The summed E-state index contributed by atoms with van der Waals surface area (Å²) >= 11 is 0. The van der Waals surface area contributed by atoms with E-state index >= 15 is 0 Å². The Hall–Kier alpha value is -2.67. The Kier molecular flexibility index (Phi) is 3.61. The molecule has 1 aromatic heterocycles. The van der Waals surface area contributed by atoms with Crippen molar-refractivity contribution < 1.29 is 17.5 Å². The monoisotopic (exact) mass is 358 g/mol. The van der Waals surface area contributed by atoms with Crippen molar-refractivity contribution in [3.63, 3.8) is 0 Å². The Morgan fingerprint density at radius 2 is 1.88 bits per heavy atom. The third-order valence-electron chi connectivity index (χ3n) is 4.30. The molecule has 0 N–H and O–H groups in total. The summed E-state index contributed by atoms with van der Waals surface area (Å²) in [5, 5.41) is 0.902. The van der Waals surface area contributed by atoms with Crippen molar-refractivity contribution in [1.82, 2.24) is 4.98 Å². The number of anilines is 1. The number of nitrogens with zero attached hydrogens (tertiary/aromatic N) is 2. The minimum absolute atomic E-state index is 0.0541. The van der Waals surface area contributed by atoms with Crippen molar-refractivity contribution in [2.75, 3.05) is 18.0 Å². The molecule has 0 atom stereocenters. The molecule has 3 aromatic rings. The summed E-state index contributed by atoms with van der Waals surface area (Å²) in [5.74, 6) is 0.684. The van der Waals surface area contributed by atoms with Crippen LogP contribution in [0.15, 0.2) is 53.4 Å². The Bertz CT molecular complexity index is 1070. The Balaban J connectivity index is 1.81. The quantitative estimate of drug-likeness (QED) is 0.722. The second-order valence-electron chi connectivity index (χ2n) is 5.81. The zero-order chi connectivity index (χ0) is 17.6. The molecule has 1 aliphatic rings. The average Bonchev–Trinajstić information content (AvgIpc) is 3.03. The molecule has 0 amide bonds. The fraction of sp³-hybridized carbons (Fsp3) is 0.167. The third-order valence-corrected chi connectivity index (χ3v) is 6.10. The molecule has 4 rings (SSSR count). The van der Waals surface area contributed by atoms with Crippen molar-refractivity contribution in [3.05, 3.63) is 59.9 Å². The van der Waals surface area contributed by atoms with Crippen LogP contribution in [-0.2, 0) is 16.4 Å². The van der Waals surface area contributed by atoms with Gasteiger partial charge in [0.05, 0.1) is 17.5 Å². The van der Waals surface area contributed by atoms with Gasteiger partial charge in [-0.3, -0.25) is 0 Å². The van der Waals surface area contributed by atoms with Gasteiger partial charge in [-0.05, 0) is 60.5 Å². The van der Waals surface area contributed by atoms with Crippen LogP contribution in [0.2, 0.25) is 0 Å². The third kappa shape index (κ3) is 2.60. The highest BCUT2D eigenvalue weighted by molar-refractivity contribution is 7.92. The molecule has 2 heterocycles. The number of rotatable bonds is 3. The van der Waals surface area contributed by atoms with Crippen molar-refractivity contribution in [2.45, 2.75) is 11.3 Å². The van der Waals surface area contributed by atoms with E-state index in [-0.39, 0.29) is 4.90 Å². The van der Waals surface area contributed by atoms with Crippen LogP contribution in [0.4, 0.5) is 10.2 Å². The van der Waals surface area contributed by atoms with E-state index in [1.54, 1.807) is 19.2 Å². The molecule has 25 heavy (non-hydrogen) atoms. The first kappa shape index (κ1) is 15.8. The van der Waals surface area contributed by atoms with Gasteiger partial charge in [-0.15, -0.1) is 0 Å². The lowest BCUT2D eigenvalue weighted by Crippen LogP contribution is -2.29. The number of ether oxygens (including phenoxy) is 1. The smallest absolute Gasteiger partial charge is 0.265 e. The zero-order valence-electron chi connectivity index (χ0n) is 13.4. The summed E-state index contributed by atoms with van der Waals surface area (Å²) in [7, 11) is -2.17. The van der Waals surface area contributed by atoms with E-state index in [0.717, 1.165) is 28.8 Å². The van der Waals surface area contributed by atoms with Gasteiger partial charge < -0.3 is 4.74 Å². The highest BCUT2D eigenvalue weighted by Gasteiger charge is 2.32. The van der Waals surface area contributed by atoms with Crippen LogP contribution in [0.25, 0.3) is 10.9 Å². The van der Waals surface area contributed by atoms with Crippen LogP contribution in [0.1, 0.15) is 5.56 Å². The first-order valence-electron chi connectivity index (χ1n) is 7.75. The fourth-order valence-corrected chi connectivity index (χ4v) is 4.46. The van der Waals surface area contributed by atoms with E-state index in [4.69, 9.17) is 4.74 Å². The van der Waals surface area contributed by atoms with E-state index in [1.807, 2.05) is 12.1 Å². The van der Waals surface area contributed by atoms with Crippen molar-refractivity contribution in [3.8, 4) is 5.75 Å². The first-order valence-corrected chi connectivity index (χ1v) is 9.19. The van der Waals surface area contributed by atoms with E-state index in [2.05, 4.69) is 4.98 Å². The van der Waals surface area contributed by atoms with E-state index in [0.29, 0.717) is 24.3 Å². The maximum atomic E-state index is 13.1. The molecule has 2 aromatic carbocycles. The molecule has 0 saturated heterocycles. The molecule has 0 spiro atoms. The van der Waals surface area contributed by atoms with Crippen molar-refractivity contribution in [1.29, 1.82) is 0 Å². The number of hydrogen-bond donors (Lipinski definition) is 0. The minimum atomic E-state index is -3.77. The molecule has 0 aliphatic carbocycles. The molecule has 5 nitrogen and oxygen atoms in total. The van der Waals surface area contributed by atoms with Gasteiger partial charge in [-0.25, -0.2) is 22.1 Å². The molecule has 7 heteroatoms. The topological polar surface area (TPSA) is 59.5 Å². The summed E-state index contributed by atoms with van der Waals surface area (Å²) in [6, 6.07) is 12.2. The second-order valence-corrected chi connectivity index (χ2v) is 7.67. The van der Waals surface area contributed by atoms with Gasteiger partial charge in [0.15, 0.2) is 0 Å². The lowest BCUT2D eigenvalue weighted by atomic mass is 10.1. The summed E-state index contributed by atoms with van der Waals surface area (Å²) in [6.45, 7) is 0.315. The SMILES string of the molecule is COc1ccc2nc3c(cc2c1)CCN3S(=O)(=O)c1ccc(F)cc1. The Morgan fingerprint density at radius 3 is 2.60 bits per heavy atom. The summed E-state index contributed by atoms with van der Waals surface area (Å²) in [5.41, 5.74) is 1.56. The van der Waals surface area contributed by atoms with Crippen LogP contribution >= 0.6 is 0 Å². The number of fused-ring (bicyclic) bond motifs is 2. The predicted octanol–water partition coefficient (Wildman–Crippen LogP) is 3.13. The molecule has 128 valence electrons. The lowest BCUT2D eigenvalue weighted by Gasteiger charge is -2.19. The van der Waals surface area contributed by atoms with E-state index < -0.39 is 15.8 Å². The Morgan fingerprint density at radius 1 is 1.12 bits per heavy atom. The van der Waals surface area contributed by atoms with E-state index in [9.17, 15) is 12.8 Å². The average molecular weight is 358 g/mol. The summed E-state index contributed by atoms with van der Waals surface area (Å²) in [4.78, 5) is 4.59. The van der Waals surface area contributed by atoms with Crippen molar-refractivity contribution in [2.24, 2.45) is 0 Å². The van der Waals surface area contributed by atoms with Crippen molar-refractivity contribution >= 4 is 26.7 Å². The van der Waals surface area contributed by atoms with Gasteiger partial charge in [-0.2, -0.15) is 0 Å². The van der Waals surface area contributed by atoms with Crippen LogP contribution in [-0.4, -0.2) is 27.1 Å². The number of sulfonamides is 1. The predicted molar refractivity (Wildman–Crippen MR) is 92.9 cm³/mol. The van der Waals surface area contributed by atoms with Gasteiger partial charge >= 0.3 is 0 Å². The van der Waals surface area contributed by atoms with E-state index in [1.165, 1.54) is 16.4 Å². The normalized spacial score (nSPS) is 13.9. The number of hydrogen-bond acceptors (Lipinski definition) is 4. The van der Waals surface area contributed by atoms with Crippen LogP contribution in [0, 0.1) is 5.82 Å². The van der Waals surface area contributed by atoms with Gasteiger partial charge in [0, 0.05) is 11.9 Å². The number of aromatic nitrogens is 1. The maximum Gasteiger partial charge on any atom is 0.265 e. The molecule has 0 saturated carbocycles. The van der Waals surface area contributed by atoms with Gasteiger partial charge in [-0.1, -0.05) is 0 Å². The van der Waals surface area contributed by atoms with Gasteiger partial charge in [0.1, 0.15) is 17.4 Å². The van der Waals surface area contributed by atoms with Crippen LogP contribution in [0.5, 0.6) is 5.75 Å². The van der Waals surface area contributed by atoms with Gasteiger partial charge in [0.25, 0.3) is 10.0 Å². The highest BCUT2D eigenvalue weighted by Crippen LogP contribution is 2.34. The summed E-state index contributed by atoms with van der Waals surface area (Å²) < 4.78 is 45.4. The number of pyridine rings is 1. The molecule has 0 radical (unpaired) electrons. The highest BCUT2D eigenvalue weighted by atomic mass is 32.2. The largest absolute Gasteiger partial charge is 0.497 e. The zero-order valence-corrected chi connectivity index (χ0v) is 14.3. The Labute approximate surface area is 144 Å². The lowest BCUT2D eigenvalue weighted by molar-refractivity contribution is 0.415. The van der Waals surface area contributed by atoms with Crippen LogP contribution < -0.4 is 9.04 Å². The number of halogens is 1. The molecule has 0 unspecified atom stereocenters. The first-order chi connectivity index (χ1) is 12.0. The summed E-state index contributed by atoms with van der Waals surface area (Å²) in [6.07, 6.45) is 0.579. The molecular weight excluding hydrogens is 343 g/mol. The molecule has 0 bridgehead atoms. The minimum Gasteiger partial charge on any atom is -0.497 e. The number of benzene rings is 2. The standard InChI is InChI=1S/C18H15FN2O3S/c1-24-15-4-7-17-13(11-15)10-12-8-9-21(18(12)20-17)25(22,23)16-5-2-14(19)3-6-16/h2-7,10-11H,8-9H2,1H3. The second kappa shape index (κ2) is 5.70. The number of methoxy groups -OCH3 is 1. The van der Waals surface area contributed by atoms with Gasteiger partial charge in [0.2, 0.25) is 0 Å². The van der Waals surface area contributed by atoms with Crippen LogP contribution in [0.3, 0.4) is 0 Å². The maximum absolute atomic E-state index is 13.1. The fourth-order valence-electron chi connectivity index (χ4n) is 3.01. The molecular formula is C18H15FN2O3S. The molecule has 1 aliphatic heterocycles. The molecule has 0 fully saturated rings.